The highest BCUT2D eigenvalue weighted by Crippen LogP contribution is 2.31. The van der Waals surface area contributed by atoms with E-state index in [0.717, 1.165) is 32.2 Å². The molecule has 0 saturated heterocycles. The third kappa shape index (κ3) is 1.92. The van der Waals surface area contributed by atoms with Gasteiger partial charge in [0.15, 0.2) is 4.96 Å². The lowest BCUT2D eigenvalue weighted by Crippen LogP contribution is -1.88. The largest absolute Gasteiger partial charge is 0.497 e. The summed E-state index contributed by atoms with van der Waals surface area (Å²) < 4.78 is 8.50. The maximum absolute atomic E-state index is 5.62. The molecule has 2 N–H and O–H groups in total. The van der Waals surface area contributed by atoms with Crippen molar-refractivity contribution in [3.8, 4) is 17.0 Å². The summed E-state index contributed by atoms with van der Waals surface area (Å²) in [6, 6.07) is 9.74. The first-order chi connectivity index (χ1) is 10.2. The van der Waals surface area contributed by atoms with E-state index in [1.54, 1.807) is 30.7 Å². The number of hydrogen-bond donors (Lipinski definition) is 1. The number of methoxy groups -OCH3 is 1. The van der Waals surface area contributed by atoms with E-state index < -0.39 is 0 Å². The third-order valence-corrected chi connectivity index (χ3v) is 4.40. The Morgan fingerprint density at radius 1 is 1.24 bits per heavy atom. The number of rotatable bonds is 2. The van der Waals surface area contributed by atoms with E-state index >= 15 is 0 Å². The molecule has 0 bridgehead atoms. The van der Waals surface area contributed by atoms with Crippen molar-refractivity contribution >= 4 is 32.3 Å². The molecule has 4 aromatic rings. The van der Waals surface area contributed by atoms with E-state index in [9.17, 15) is 0 Å². The highest BCUT2D eigenvalue weighted by atomic mass is 32.1. The number of imidazole rings is 1. The van der Waals surface area contributed by atoms with Gasteiger partial charge in [0.25, 0.3) is 0 Å². The van der Waals surface area contributed by atoms with Gasteiger partial charge >= 0.3 is 0 Å². The van der Waals surface area contributed by atoms with Crippen LogP contribution in [0.2, 0.25) is 0 Å². The minimum absolute atomic E-state index is 0.511. The summed E-state index contributed by atoms with van der Waals surface area (Å²) in [5.41, 5.74) is 8.59. The summed E-state index contributed by atoms with van der Waals surface area (Å²) in [6.45, 7) is 0. The van der Waals surface area contributed by atoms with Crippen LogP contribution in [0, 0.1) is 0 Å². The molecule has 0 aliphatic carbocycles. The summed E-state index contributed by atoms with van der Waals surface area (Å²) >= 11 is 1.64. The molecular weight excluding hydrogens is 284 g/mol. The van der Waals surface area contributed by atoms with Crippen LogP contribution in [0.4, 0.5) is 5.82 Å². The number of nitrogens with two attached hydrogens (primary N) is 1. The highest BCUT2D eigenvalue weighted by molar-refractivity contribution is 7.23. The van der Waals surface area contributed by atoms with Gasteiger partial charge in [0, 0.05) is 18.0 Å². The predicted molar refractivity (Wildman–Crippen MR) is 84.8 cm³/mol. The molecular formula is C15H12N4OS. The first-order valence-corrected chi connectivity index (χ1v) is 7.24. The van der Waals surface area contributed by atoms with Crippen molar-refractivity contribution in [2.24, 2.45) is 0 Å². The van der Waals surface area contributed by atoms with E-state index in [-0.39, 0.29) is 0 Å². The van der Waals surface area contributed by atoms with Gasteiger partial charge in [0.1, 0.15) is 11.6 Å². The molecule has 0 saturated carbocycles. The maximum Gasteiger partial charge on any atom is 0.195 e. The SMILES string of the molecule is COc1ccc2c(c1)sc1nc(-c3ccc(N)nc3)cn12. The summed E-state index contributed by atoms with van der Waals surface area (Å²) in [5.74, 6) is 1.37. The monoisotopic (exact) mass is 296 g/mol. The van der Waals surface area contributed by atoms with Crippen molar-refractivity contribution in [2.75, 3.05) is 12.8 Å². The zero-order chi connectivity index (χ0) is 14.4. The summed E-state index contributed by atoms with van der Waals surface area (Å²) in [7, 11) is 1.67. The Hall–Kier alpha value is -2.60. The van der Waals surface area contributed by atoms with Crippen molar-refractivity contribution in [2.45, 2.75) is 0 Å². The second kappa shape index (κ2) is 4.46. The Kier molecular flexibility index (Phi) is 2.58. The number of ether oxygens (including phenoxy) is 1. The van der Waals surface area contributed by atoms with E-state index in [1.165, 1.54) is 0 Å². The molecule has 0 radical (unpaired) electrons. The molecule has 3 heterocycles. The van der Waals surface area contributed by atoms with Crippen molar-refractivity contribution < 1.29 is 4.74 Å². The molecule has 0 amide bonds. The van der Waals surface area contributed by atoms with Crippen LogP contribution in [0.15, 0.2) is 42.7 Å². The Bertz CT molecular complexity index is 940. The molecule has 0 atom stereocenters. The molecule has 104 valence electrons. The van der Waals surface area contributed by atoms with Gasteiger partial charge in [0.05, 0.1) is 23.0 Å². The van der Waals surface area contributed by atoms with Gasteiger partial charge in [-0.1, -0.05) is 11.3 Å². The average molecular weight is 296 g/mol. The molecule has 0 aliphatic rings. The molecule has 21 heavy (non-hydrogen) atoms. The standard InChI is InChI=1S/C15H12N4OS/c1-20-10-3-4-12-13(6-10)21-15-18-11(8-19(12)15)9-2-5-14(16)17-7-9/h2-8H,1H3,(H2,16,17). The van der Waals surface area contributed by atoms with Gasteiger partial charge in [-0.15, -0.1) is 0 Å². The molecule has 0 unspecified atom stereocenters. The van der Waals surface area contributed by atoms with Gasteiger partial charge in [-0.2, -0.15) is 0 Å². The average Bonchev–Trinajstić information content (AvgIpc) is 3.04. The lowest BCUT2D eigenvalue weighted by molar-refractivity contribution is 0.415. The van der Waals surface area contributed by atoms with Crippen LogP contribution in [0.3, 0.4) is 0 Å². The zero-order valence-corrected chi connectivity index (χ0v) is 12.1. The topological polar surface area (TPSA) is 65.4 Å². The molecule has 5 nitrogen and oxygen atoms in total. The zero-order valence-electron chi connectivity index (χ0n) is 11.3. The summed E-state index contributed by atoms with van der Waals surface area (Å²) in [5, 5.41) is 0. The van der Waals surface area contributed by atoms with Crippen molar-refractivity contribution in [3.63, 3.8) is 0 Å². The molecule has 0 fully saturated rings. The number of fused-ring (bicyclic) bond motifs is 3. The number of nitrogen functional groups attached to an aromatic ring is 1. The second-order valence-corrected chi connectivity index (χ2v) is 5.70. The Labute approximate surface area is 124 Å². The van der Waals surface area contributed by atoms with E-state index in [0.29, 0.717) is 5.82 Å². The van der Waals surface area contributed by atoms with E-state index in [4.69, 9.17) is 10.5 Å². The van der Waals surface area contributed by atoms with Crippen molar-refractivity contribution in [3.05, 3.63) is 42.7 Å². The fourth-order valence-corrected chi connectivity index (χ4v) is 3.34. The number of anilines is 1. The molecule has 1 aromatic carbocycles. The summed E-state index contributed by atoms with van der Waals surface area (Å²) in [6.07, 6.45) is 3.76. The van der Waals surface area contributed by atoms with Crippen LogP contribution in [0.5, 0.6) is 5.75 Å². The van der Waals surface area contributed by atoms with E-state index in [2.05, 4.69) is 14.4 Å². The fraction of sp³-hybridized carbons (Fsp3) is 0.0667. The van der Waals surface area contributed by atoms with Crippen LogP contribution in [0.1, 0.15) is 0 Å². The number of benzene rings is 1. The maximum atomic E-state index is 5.62. The minimum Gasteiger partial charge on any atom is -0.497 e. The van der Waals surface area contributed by atoms with Gasteiger partial charge in [-0.25, -0.2) is 9.97 Å². The normalized spacial score (nSPS) is 11.3. The van der Waals surface area contributed by atoms with Crippen LogP contribution in [0.25, 0.3) is 26.4 Å². The number of nitrogens with zero attached hydrogens (tertiary/aromatic N) is 3. The van der Waals surface area contributed by atoms with Crippen molar-refractivity contribution in [1.82, 2.24) is 14.4 Å². The minimum atomic E-state index is 0.511. The highest BCUT2D eigenvalue weighted by Gasteiger charge is 2.11. The van der Waals surface area contributed by atoms with Crippen LogP contribution in [-0.4, -0.2) is 21.5 Å². The number of pyridine rings is 1. The van der Waals surface area contributed by atoms with Crippen molar-refractivity contribution in [1.29, 1.82) is 0 Å². The van der Waals surface area contributed by atoms with Gasteiger partial charge < -0.3 is 10.5 Å². The molecule has 0 spiro atoms. The predicted octanol–water partition coefficient (Wildman–Crippen LogP) is 3.20. The lowest BCUT2D eigenvalue weighted by atomic mass is 10.2. The second-order valence-electron chi connectivity index (χ2n) is 4.69. The van der Waals surface area contributed by atoms with Gasteiger partial charge in [-0.3, -0.25) is 4.40 Å². The van der Waals surface area contributed by atoms with Crippen LogP contribution in [-0.2, 0) is 0 Å². The molecule has 3 aromatic heterocycles. The Morgan fingerprint density at radius 3 is 2.90 bits per heavy atom. The molecule has 0 aliphatic heterocycles. The lowest BCUT2D eigenvalue weighted by Gasteiger charge is -1.98. The quantitative estimate of drug-likeness (QED) is 0.617. The smallest absolute Gasteiger partial charge is 0.195 e. The Balaban J connectivity index is 1.88. The molecule has 6 heteroatoms. The van der Waals surface area contributed by atoms with E-state index in [1.807, 2.05) is 30.5 Å². The number of aromatic nitrogens is 3. The third-order valence-electron chi connectivity index (χ3n) is 3.38. The summed E-state index contributed by atoms with van der Waals surface area (Å²) in [4.78, 5) is 9.72. The number of hydrogen-bond acceptors (Lipinski definition) is 5. The van der Waals surface area contributed by atoms with Gasteiger partial charge in [-0.05, 0) is 30.3 Å². The fourth-order valence-electron chi connectivity index (χ4n) is 2.30. The molecule has 4 rings (SSSR count). The number of thiazole rings is 1. The van der Waals surface area contributed by atoms with Crippen LogP contribution >= 0.6 is 11.3 Å². The first-order valence-electron chi connectivity index (χ1n) is 6.42. The first kappa shape index (κ1) is 12.2. The van der Waals surface area contributed by atoms with Gasteiger partial charge in [0.2, 0.25) is 0 Å². The van der Waals surface area contributed by atoms with Crippen LogP contribution < -0.4 is 10.5 Å². The Morgan fingerprint density at radius 2 is 2.14 bits per heavy atom.